The Balaban J connectivity index is 1.77. The second kappa shape index (κ2) is 5.64. The lowest BCUT2D eigenvalue weighted by molar-refractivity contribution is -0.118. The van der Waals surface area contributed by atoms with Gasteiger partial charge in [0.25, 0.3) is 11.5 Å². The number of amides is 1. The summed E-state index contributed by atoms with van der Waals surface area (Å²) in [4.78, 5) is 33.8. The maximum absolute atomic E-state index is 13.1. The van der Waals surface area contributed by atoms with Gasteiger partial charge in [-0.2, -0.15) is 0 Å². The SMILES string of the molecule is Cc1c(C(=O)N2CC(C)OC(C)(C)C2)sc2nc3n(c(=O)c12)CCC3. The quantitative estimate of drug-likeness (QED) is 0.782. The van der Waals surface area contributed by atoms with Crippen LogP contribution < -0.4 is 5.56 Å². The Morgan fingerprint density at radius 2 is 2.16 bits per heavy atom. The Hall–Kier alpha value is -1.73. The summed E-state index contributed by atoms with van der Waals surface area (Å²) in [6, 6.07) is 0. The van der Waals surface area contributed by atoms with E-state index in [1.54, 1.807) is 4.57 Å². The van der Waals surface area contributed by atoms with Crippen LogP contribution in [0.4, 0.5) is 0 Å². The highest BCUT2D eigenvalue weighted by atomic mass is 32.1. The first-order valence-electron chi connectivity index (χ1n) is 8.77. The van der Waals surface area contributed by atoms with E-state index in [2.05, 4.69) is 4.98 Å². The van der Waals surface area contributed by atoms with Gasteiger partial charge in [0.1, 0.15) is 10.7 Å². The highest BCUT2D eigenvalue weighted by Gasteiger charge is 2.35. The largest absolute Gasteiger partial charge is 0.369 e. The highest BCUT2D eigenvalue weighted by Crippen LogP contribution is 2.31. The number of aryl methyl sites for hydroxylation is 2. The van der Waals surface area contributed by atoms with E-state index in [0.717, 1.165) is 30.8 Å². The predicted octanol–water partition coefficient (Wildman–Crippen LogP) is 2.35. The van der Waals surface area contributed by atoms with Crippen molar-refractivity contribution in [1.29, 1.82) is 0 Å². The van der Waals surface area contributed by atoms with E-state index in [1.807, 2.05) is 32.6 Å². The fraction of sp³-hybridized carbons (Fsp3) is 0.611. The molecular formula is C18H23N3O3S. The molecule has 0 saturated carbocycles. The van der Waals surface area contributed by atoms with Gasteiger partial charge in [-0.15, -0.1) is 11.3 Å². The second-order valence-corrected chi connectivity index (χ2v) is 8.70. The van der Waals surface area contributed by atoms with E-state index in [4.69, 9.17) is 4.74 Å². The molecule has 0 aliphatic carbocycles. The van der Waals surface area contributed by atoms with Crippen molar-refractivity contribution in [2.45, 2.75) is 58.8 Å². The summed E-state index contributed by atoms with van der Waals surface area (Å²) in [5, 5.41) is 0.611. The monoisotopic (exact) mass is 361 g/mol. The highest BCUT2D eigenvalue weighted by molar-refractivity contribution is 7.20. The van der Waals surface area contributed by atoms with Crippen LogP contribution in [0.2, 0.25) is 0 Å². The normalized spacial score (nSPS) is 22.4. The summed E-state index contributed by atoms with van der Waals surface area (Å²) in [5.74, 6) is 0.826. The Morgan fingerprint density at radius 1 is 1.40 bits per heavy atom. The molecule has 1 saturated heterocycles. The van der Waals surface area contributed by atoms with Crippen LogP contribution in [0.5, 0.6) is 0 Å². The zero-order chi connectivity index (χ0) is 17.9. The minimum atomic E-state index is -0.364. The molecule has 6 nitrogen and oxygen atoms in total. The Bertz CT molecular complexity index is 928. The van der Waals surface area contributed by atoms with Crippen molar-refractivity contribution < 1.29 is 9.53 Å². The second-order valence-electron chi connectivity index (χ2n) is 7.70. The van der Waals surface area contributed by atoms with E-state index in [1.165, 1.54) is 11.3 Å². The van der Waals surface area contributed by atoms with Gasteiger partial charge >= 0.3 is 0 Å². The Morgan fingerprint density at radius 3 is 2.88 bits per heavy atom. The summed E-state index contributed by atoms with van der Waals surface area (Å²) in [6.07, 6.45) is 1.79. The number of nitrogens with zero attached hydrogens (tertiary/aromatic N) is 3. The van der Waals surface area contributed by atoms with Crippen LogP contribution >= 0.6 is 11.3 Å². The Labute approximate surface area is 150 Å². The first kappa shape index (κ1) is 16.7. The lowest BCUT2D eigenvalue weighted by Gasteiger charge is -2.41. The summed E-state index contributed by atoms with van der Waals surface area (Å²) < 4.78 is 7.66. The van der Waals surface area contributed by atoms with Crippen LogP contribution in [0.25, 0.3) is 10.2 Å². The summed E-state index contributed by atoms with van der Waals surface area (Å²) >= 11 is 1.35. The van der Waals surface area contributed by atoms with Crippen LogP contribution in [0.1, 0.15) is 48.3 Å². The number of hydrogen-bond donors (Lipinski definition) is 0. The third-order valence-electron chi connectivity index (χ3n) is 4.96. The van der Waals surface area contributed by atoms with E-state index in [0.29, 0.717) is 28.2 Å². The van der Waals surface area contributed by atoms with Gasteiger partial charge in [-0.05, 0) is 39.7 Å². The zero-order valence-corrected chi connectivity index (χ0v) is 15.9. The number of carbonyl (C=O) groups is 1. The van der Waals surface area contributed by atoms with Crippen molar-refractivity contribution in [1.82, 2.24) is 14.5 Å². The minimum Gasteiger partial charge on any atom is -0.369 e. The number of rotatable bonds is 1. The molecule has 2 aliphatic rings. The number of fused-ring (bicyclic) bond motifs is 2. The minimum absolute atomic E-state index is 0.000903. The van der Waals surface area contributed by atoms with Gasteiger partial charge in [0, 0.05) is 26.1 Å². The first-order chi connectivity index (χ1) is 11.8. The van der Waals surface area contributed by atoms with Crippen molar-refractivity contribution in [3.8, 4) is 0 Å². The molecule has 2 aromatic rings. The van der Waals surface area contributed by atoms with Gasteiger partial charge in [-0.25, -0.2) is 4.98 Å². The first-order valence-corrected chi connectivity index (χ1v) is 9.58. The fourth-order valence-electron chi connectivity index (χ4n) is 4.03. The number of thiophene rings is 1. The van der Waals surface area contributed by atoms with Crippen LogP contribution in [0.15, 0.2) is 4.79 Å². The number of ether oxygens (including phenoxy) is 1. The molecule has 0 aromatic carbocycles. The van der Waals surface area contributed by atoms with Crippen LogP contribution in [-0.4, -0.2) is 45.2 Å². The van der Waals surface area contributed by atoms with Gasteiger partial charge in [-0.1, -0.05) is 0 Å². The van der Waals surface area contributed by atoms with Gasteiger partial charge in [-0.3, -0.25) is 14.2 Å². The number of morpholine rings is 1. The van der Waals surface area contributed by atoms with Gasteiger partial charge < -0.3 is 9.64 Å². The van der Waals surface area contributed by atoms with Crippen LogP contribution in [0, 0.1) is 6.92 Å². The molecule has 134 valence electrons. The van der Waals surface area contributed by atoms with E-state index in [9.17, 15) is 9.59 Å². The Kier molecular flexibility index (Phi) is 3.77. The molecule has 1 amide bonds. The number of carbonyl (C=O) groups excluding carboxylic acids is 1. The predicted molar refractivity (Wildman–Crippen MR) is 97.5 cm³/mol. The zero-order valence-electron chi connectivity index (χ0n) is 15.1. The number of aromatic nitrogens is 2. The maximum Gasteiger partial charge on any atom is 0.264 e. The molecule has 1 atom stereocenters. The smallest absolute Gasteiger partial charge is 0.264 e. The summed E-state index contributed by atoms with van der Waals surface area (Å²) in [6.45, 7) is 9.69. The topological polar surface area (TPSA) is 64.4 Å². The third-order valence-corrected chi connectivity index (χ3v) is 6.14. The van der Waals surface area contributed by atoms with E-state index in [-0.39, 0.29) is 23.2 Å². The van der Waals surface area contributed by atoms with Crippen molar-refractivity contribution in [2.24, 2.45) is 0 Å². The molecule has 1 fully saturated rings. The van der Waals surface area contributed by atoms with E-state index < -0.39 is 0 Å². The van der Waals surface area contributed by atoms with Crippen molar-refractivity contribution in [3.63, 3.8) is 0 Å². The average molecular weight is 361 g/mol. The number of hydrogen-bond acceptors (Lipinski definition) is 5. The lowest BCUT2D eigenvalue weighted by Crippen LogP contribution is -2.53. The molecule has 4 rings (SSSR count). The van der Waals surface area contributed by atoms with Crippen molar-refractivity contribution >= 4 is 27.5 Å². The summed E-state index contributed by atoms with van der Waals surface area (Å²) in [7, 11) is 0. The molecule has 4 heterocycles. The van der Waals surface area contributed by atoms with Crippen LogP contribution in [0.3, 0.4) is 0 Å². The molecule has 2 aliphatic heterocycles. The molecule has 7 heteroatoms. The van der Waals surface area contributed by atoms with Crippen molar-refractivity contribution in [2.75, 3.05) is 13.1 Å². The van der Waals surface area contributed by atoms with Crippen molar-refractivity contribution in [3.05, 3.63) is 26.6 Å². The van der Waals surface area contributed by atoms with Crippen LogP contribution in [-0.2, 0) is 17.7 Å². The molecular weight excluding hydrogens is 338 g/mol. The lowest BCUT2D eigenvalue weighted by atomic mass is 10.0. The van der Waals surface area contributed by atoms with Gasteiger partial charge in [0.15, 0.2) is 0 Å². The molecule has 0 spiro atoms. The van der Waals surface area contributed by atoms with Gasteiger partial charge in [0.2, 0.25) is 0 Å². The summed E-state index contributed by atoms with van der Waals surface area (Å²) in [5.41, 5.74) is 0.402. The average Bonchev–Trinajstić information content (AvgIpc) is 3.10. The maximum atomic E-state index is 13.1. The van der Waals surface area contributed by atoms with E-state index >= 15 is 0 Å². The molecule has 1 unspecified atom stereocenters. The van der Waals surface area contributed by atoms with Gasteiger partial charge in [0.05, 0.1) is 22.0 Å². The fourth-order valence-corrected chi connectivity index (χ4v) is 5.19. The molecule has 2 aromatic heterocycles. The molecule has 0 radical (unpaired) electrons. The third kappa shape index (κ3) is 2.69. The standard InChI is InChI=1S/C18H23N3O3S/c1-10-8-20(9-18(3,4)24-10)17(23)14-11(2)13-15(25-14)19-12-6-5-7-21(12)16(13)22/h10H,5-9H2,1-4H3. The molecule has 0 bridgehead atoms. The molecule has 0 N–H and O–H groups in total. The molecule has 25 heavy (non-hydrogen) atoms.